The van der Waals surface area contributed by atoms with Gasteiger partial charge in [-0.25, -0.2) is 0 Å². The maximum atomic E-state index is 12.7. The topological polar surface area (TPSA) is 61.4 Å². The first-order valence-corrected chi connectivity index (χ1v) is 13.1. The van der Waals surface area contributed by atoms with Crippen molar-refractivity contribution in [2.75, 3.05) is 18.4 Å². The van der Waals surface area contributed by atoms with Crippen molar-refractivity contribution in [3.63, 3.8) is 0 Å². The number of benzene rings is 1. The number of amides is 2. The van der Waals surface area contributed by atoms with Crippen LogP contribution in [0.4, 0.5) is 5.69 Å². The molecule has 4 rings (SSSR count). The van der Waals surface area contributed by atoms with Crippen LogP contribution in [0.5, 0.6) is 0 Å². The molecule has 1 heterocycles. The Morgan fingerprint density at radius 1 is 0.781 bits per heavy atom. The van der Waals surface area contributed by atoms with Crippen molar-refractivity contribution in [3.8, 4) is 0 Å². The van der Waals surface area contributed by atoms with Crippen LogP contribution < -0.4 is 10.6 Å². The summed E-state index contributed by atoms with van der Waals surface area (Å²) in [5.74, 6) is 0.798. The van der Waals surface area contributed by atoms with Crippen molar-refractivity contribution < 1.29 is 9.59 Å². The number of hydrogen-bond acceptors (Lipinski definition) is 3. The summed E-state index contributed by atoms with van der Waals surface area (Å²) in [4.78, 5) is 27.8. The largest absolute Gasteiger partial charge is 0.353 e. The standard InChI is InChI=1S/C27H41N3O2/c31-26(22-10-4-1-2-5-11-22)29-25-14-8-9-21(19-25)20-30-17-15-23(16-18-30)27(32)28-24-12-6-3-7-13-24/h8-9,14,19,22-24H,1-7,10-13,15-18,20H2,(H,28,32)(H,29,31). The molecular weight excluding hydrogens is 398 g/mol. The first-order chi connectivity index (χ1) is 15.7. The van der Waals surface area contributed by atoms with E-state index in [-0.39, 0.29) is 23.7 Å². The van der Waals surface area contributed by atoms with Crippen LogP contribution in [0.2, 0.25) is 0 Å². The van der Waals surface area contributed by atoms with Gasteiger partial charge in [-0.15, -0.1) is 0 Å². The average Bonchev–Trinajstić information content (AvgIpc) is 3.10. The van der Waals surface area contributed by atoms with E-state index in [2.05, 4.69) is 27.7 Å². The molecule has 1 aromatic carbocycles. The molecule has 2 saturated carbocycles. The maximum Gasteiger partial charge on any atom is 0.227 e. The van der Waals surface area contributed by atoms with Crippen LogP contribution in [-0.4, -0.2) is 35.8 Å². The first kappa shape index (κ1) is 23.3. The minimum absolute atomic E-state index is 0.165. The van der Waals surface area contributed by atoms with Gasteiger partial charge in [0, 0.05) is 30.1 Å². The summed E-state index contributed by atoms with van der Waals surface area (Å²) in [5.41, 5.74) is 2.15. The molecule has 0 atom stereocenters. The first-order valence-electron chi connectivity index (χ1n) is 13.1. The zero-order chi connectivity index (χ0) is 22.2. The molecule has 0 bridgehead atoms. The Labute approximate surface area is 193 Å². The van der Waals surface area contributed by atoms with Crippen LogP contribution in [0.25, 0.3) is 0 Å². The van der Waals surface area contributed by atoms with Crippen molar-refractivity contribution in [2.24, 2.45) is 11.8 Å². The number of nitrogens with one attached hydrogen (secondary N) is 2. The third-order valence-corrected chi connectivity index (χ3v) is 7.74. The molecule has 3 aliphatic rings. The fourth-order valence-corrected chi connectivity index (χ4v) is 5.71. The zero-order valence-corrected chi connectivity index (χ0v) is 19.6. The fraction of sp³-hybridized carbons (Fsp3) is 0.704. The molecule has 1 aliphatic heterocycles. The Morgan fingerprint density at radius 2 is 1.41 bits per heavy atom. The summed E-state index contributed by atoms with van der Waals surface area (Å²) in [6.45, 7) is 2.80. The number of carbonyl (C=O) groups is 2. The monoisotopic (exact) mass is 439 g/mol. The van der Waals surface area contributed by atoms with Crippen LogP contribution in [0.15, 0.2) is 24.3 Å². The molecule has 2 amide bonds. The van der Waals surface area contributed by atoms with Gasteiger partial charge in [0.25, 0.3) is 0 Å². The van der Waals surface area contributed by atoms with E-state index >= 15 is 0 Å². The van der Waals surface area contributed by atoms with Gasteiger partial charge in [-0.1, -0.05) is 57.1 Å². The second kappa shape index (κ2) is 11.8. The summed E-state index contributed by atoms with van der Waals surface area (Å²) in [6, 6.07) is 8.72. The van der Waals surface area contributed by atoms with E-state index in [1.165, 1.54) is 50.5 Å². The minimum Gasteiger partial charge on any atom is -0.353 e. The van der Waals surface area contributed by atoms with Gasteiger partial charge in [-0.3, -0.25) is 14.5 Å². The van der Waals surface area contributed by atoms with Gasteiger partial charge >= 0.3 is 0 Å². The SMILES string of the molecule is O=C(Nc1cccc(CN2CCC(C(=O)NC3CCCCC3)CC2)c1)C1CCCCCC1. The summed E-state index contributed by atoms with van der Waals surface area (Å²) < 4.78 is 0. The lowest BCUT2D eigenvalue weighted by atomic mass is 9.92. The highest BCUT2D eigenvalue weighted by atomic mass is 16.2. The highest BCUT2D eigenvalue weighted by molar-refractivity contribution is 5.92. The summed E-state index contributed by atoms with van der Waals surface area (Å²) in [7, 11) is 0. The molecule has 0 aromatic heterocycles. The van der Waals surface area contributed by atoms with Gasteiger partial charge in [-0.05, 0) is 69.3 Å². The van der Waals surface area contributed by atoms with Gasteiger partial charge in [0.05, 0.1) is 0 Å². The van der Waals surface area contributed by atoms with E-state index in [1.807, 2.05) is 12.1 Å². The zero-order valence-electron chi connectivity index (χ0n) is 19.6. The quantitative estimate of drug-likeness (QED) is 0.595. The Hall–Kier alpha value is -1.88. The molecule has 5 nitrogen and oxygen atoms in total. The second-order valence-corrected chi connectivity index (χ2v) is 10.3. The van der Waals surface area contributed by atoms with E-state index in [9.17, 15) is 9.59 Å². The van der Waals surface area contributed by atoms with Gasteiger partial charge < -0.3 is 10.6 Å². The van der Waals surface area contributed by atoms with E-state index in [0.717, 1.165) is 63.8 Å². The maximum absolute atomic E-state index is 12.7. The Bertz CT molecular complexity index is 743. The van der Waals surface area contributed by atoms with E-state index < -0.39 is 0 Å². The molecule has 5 heteroatoms. The van der Waals surface area contributed by atoms with Gasteiger partial charge in [0.2, 0.25) is 11.8 Å². The Balaban J connectivity index is 1.22. The highest BCUT2D eigenvalue weighted by Gasteiger charge is 2.27. The summed E-state index contributed by atoms with van der Waals surface area (Å²) in [6.07, 6.45) is 14.9. The Morgan fingerprint density at radius 3 is 2.12 bits per heavy atom. The molecule has 176 valence electrons. The van der Waals surface area contributed by atoms with Crippen molar-refractivity contribution in [1.29, 1.82) is 0 Å². The lowest BCUT2D eigenvalue weighted by Crippen LogP contribution is -2.44. The highest BCUT2D eigenvalue weighted by Crippen LogP contribution is 2.25. The molecule has 0 radical (unpaired) electrons. The molecule has 1 saturated heterocycles. The van der Waals surface area contributed by atoms with Crippen molar-refractivity contribution in [1.82, 2.24) is 10.2 Å². The number of carbonyl (C=O) groups excluding carboxylic acids is 2. The van der Waals surface area contributed by atoms with E-state index in [4.69, 9.17) is 0 Å². The minimum atomic E-state index is 0.165. The number of likely N-dealkylation sites (tertiary alicyclic amines) is 1. The number of nitrogens with zero attached hydrogens (tertiary/aromatic N) is 1. The smallest absolute Gasteiger partial charge is 0.227 e. The molecular formula is C27H41N3O2. The fourth-order valence-electron chi connectivity index (χ4n) is 5.71. The predicted molar refractivity (Wildman–Crippen MR) is 129 cm³/mol. The number of anilines is 1. The lowest BCUT2D eigenvalue weighted by Gasteiger charge is -2.32. The molecule has 0 unspecified atom stereocenters. The van der Waals surface area contributed by atoms with Crippen LogP contribution in [0.1, 0.15) is 89.0 Å². The number of hydrogen-bond donors (Lipinski definition) is 2. The van der Waals surface area contributed by atoms with Crippen molar-refractivity contribution in [2.45, 2.75) is 96.1 Å². The summed E-state index contributed by atoms with van der Waals surface area (Å²) >= 11 is 0. The predicted octanol–water partition coefficient (Wildman–Crippen LogP) is 5.26. The molecule has 1 aromatic rings. The van der Waals surface area contributed by atoms with E-state index in [1.54, 1.807) is 0 Å². The molecule has 2 N–H and O–H groups in total. The average molecular weight is 440 g/mol. The van der Waals surface area contributed by atoms with Gasteiger partial charge in [0.1, 0.15) is 0 Å². The third kappa shape index (κ3) is 6.81. The van der Waals surface area contributed by atoms with E-state index in [0.29, 0.717) is 6.04 Å². The molecule has 2 aliphatic carbocycles. The van der Waals surface area contributed by atoms with Gasteiger partial charge in [0.15, 0.2) is 0 Å². The van der Waals surface area contributed by atoms with Crippen LogP contribution in [0, 0.1) is 11.8 Å². The lowest BCUT2D eigenvalue weighted by molar-refractivity contribution is -0.127. The summed E-state index contributed by atoms with van der Waals surface area (Å²) in [5, 5.41) is 6.48. The van der Waals surface area contributed by atoms with Gasteiger partial charge in [-0.2, -0.15) is 0 Å². The molecule has 32 heavy (non-hydrogen) atoms. The third-order valence-electron chi connectivity index (χ3n) is 7.74. The number of rotatable bonds is 6. The number of piperidine rings is 1. The van der Waals surface area contributed by atoms with Crippen LogP contribution in [0.3, 0.4) is 0 Å². The van der Waals surface area contributed by atoms with Crippen molar-refractivity contribution in [3.05, 3.63) is 29.8 Å². The second-order valence-electron chi connectivity index (χ2n) is 10.3. The van der Waals surface area contributed by atoms with Crippen LogP contribution in [-0.2, 0) is 16.1 Å². The Kier molecular flexibility index (Phi) is 8.61. The van der Waals surface area contributed by atoms with Crippen molar-refractivity contribution >= 4 is 17.5 Å². The molecule has 0 spiro atoms. The normalized spacial score (nSPS) is 22.2. The van der Waals surface area contributed by atoms with Crippen LogP contribution >= 0.6 is 0 Å². The molecule has 3 fully saturated rings.